The van der Waals surface area contributed by atoms with E-state index in [1.165, 1.54) is 17.9 Å². The topological polar surface area (TPSA) is 21.3 Å². The molecule has 1 unspecified atom stereocenters. The zero-order chi connectivity index (χ0) is 9.23. The van der Waals surface area contributed by atoms with Crippen LogP contribution in [0.4, 0.5) is 0 Å². The molecule has 0 spiro atoms. The largest absolute Gasteiger partial charge is 0.385 e. The summed E-state index contributed by atoms with van der Waals surface area (Å²) in [5.74, 6) is 2.43. The number of rotatable bonds is 8. The van der Waals surface area contributed by atoms with Crippen LogP contribution in [0, 0.1) is 0 Å². The molecule has 0 aliphatic rings. The summed E-state index contributed by atoms with van der Waals surface area (Å²) in [5.41, 5.74) is 0. The fourth-order valence-corrected chi connectivity index (χ4v) is 1.90. The van der Waals surface area contributed by atoms with E-state index in [0.29, 0.717) is 6.04 Å². The minimum absolute atomic E-state index is 0.657. The van der Waals surface area contributed by atoms with Crippen molar-refractivity contribution < 1.29 is 4.74 Å². The van der Waals surface area contributed by atoms with E-state index in [-0.39, 0.29) is 0 Å². The van der Waals surface area contributed by atoms with E-state index < -0.39 is 0 Å². The van der Waals surface area contributed by atoms with Crippen LogP contribution in [-0.2, 0) is 4.74 Å². The van der Waals surface area contributed by atoms with Gasteiger partial charge in [-0.15, -0.1) is 0 Å². The Morgan fingerprint density at radius 3 is 2.75 bits per heavy atom. The van der Waals surface area contributed by atoms with Crippen LogP contribution in [0.3, 0.4) is 0 Å². The molecule has 0 saturated carbocycles. The summed E-state index contributed by atoms with van der Waals surface area (Å²) in [6.07, 6.45) is 2.38. The molecule has 0 fully saturated rings. The number of nitrogens with one attached hydrogen (secondary N) is 1. The third-order valence-electron chi connectivity index (χ3n) is 1.83. The first-order valence-electron chi connectivity index (χ1n) is 4.59. The number of thioether (sulfide) groups is 1. The summed E-state index contributed by atoms with van der Waals surface area (Å²) in [6, 6.07) is 0.657. The summed E-state index contributed by atoms with van der Waals surface area (Å²) in [7, 11) is 3.79. The van der Waals surface area contributed by atoms with Crippen LogP contribution < -0.4 is 5.32 Å². The molecule has 0 bridgehead atoms. The minimum atomic E-state index is 0.657. The van der Waals surface area contributed by atoms with Crippen LogP contribution in [0.2, 0.25) is 0 Å². The average Bonchev–Trinajstić information content (AvgIpc) is 2.11. The van der Waals surface area contributed by atoms with Gasteiger partial charge in [0.25, 0.3) is 0 Å². The van der Waals surface area contributed by atoms with Crippen molar-refractivity contribution in [1.82, 2.24) is 5.32 Å². The maximum atomic E-state index is 5.01. The van der Waals surface area contributed by atoms with Crippen molar-refractivity contribution in [2.24, 2.45) is 0 Å². The lowest BCUT2D eigenvalue weighted by atomic mass is 10.2. The summed E-state index contributed by atoms with van der Waals surface area (Å²) < 4.78 is 5.01. The molecule has 0 heterocycles. The highest BCUT2D eigenvalue weighted by molar-refractivity contribution is 7.99. The predicted octanol–water partition coefficient (Wildman–Crippen LogP) is 1.75. The third kappa shape index (κ3) is 6.95. The Labute approximate surface area is 80.4 Å². The molecular weight excluding hydrogens is 170 g/mol. The summed E-state index contributed by atoms with van der Waals surface area (Å²) >= 11 is 2.00. The van der Waals surface area contributed by atoms with Crippen molar-refractivity contribution in [3.8, 4) is 0 Å². The fourth-order valence-electron chi connectivity index (χ4n) is 1.05. The number of ether oxygens (including phenoxy) is 1. The maximum Gasteiger partial charge on any atom is 0.0462 e. The zero-order valence-electron chi connectivity index (χ0n) is 8.43. The van der Waals surface area contributed by atoms with E-state index in [1.54, 1.807) is 7.11 Å². The van der Waals surface area contributed by atoms with E-state index in [4.69, 9.17) is 4.74 Å². The fraction of sp³-hybridized carbons (Fsp3) is 1.00. The van der Waals surface area contributed by atoms with Gasteiger partial charge >= 0.3 is 0 Å². The Morgan fingerprint density at radius 1 is 1.50 bits per heavy atom. The Kier molecular flexibility index (Phi) is 9.57. The molecule has 0 rings (SSSR count). The van der Waals surface area contributed by atoms with Gasteiger partial charge in [0, 0.05) is 25.5 Å². The predicted molar refractivity (Wildman–Crippen MR) is 57.0 cm³/mol. The van der Waals surface area contributed by atoms with Crippen LogP contribution in [0.25, 0.3) is 0 Å². The second-order valence-corrected chi connectivity index (χ2v) is 4.10. The van der Waals surface area contributed by atoms with Crippen molar-refractivity contribution in [2.45, 2.75) is 25.8 Å². The highest BCUT2D eigenvalue weighted by Crippen LogP contribution is 2.06. The van der Waals surface area contributed by atoms with Gasteiger partial charge in [0.05, 0.1) is 0 Å². The Morgan fingerprint density at radius 2 is 2.25 bits per heavy atom. The van der Waals surface area contributed by atoms with Gasteiger partial charge in [0.2, 0.25) is 0 Å². The molecule has 0 aliphatic heterocycles. The van der Waals surface area contributed by atoms with E-state index >= 15 is 0 Å². The molecule has 0 saturated heterocycles. The van der Waals surface area contributed by atoms with Gasteiger partial charge in [-0.25, -0.2) is 0 Å². The van der Waals surface area contributed by atoms with E-state index in [1.807, 2.05) is 18.8 Å². The first kappa shape index (κ1) is 12.3. The molecule has 1 atom stereocenters. The molecule has 0 aromatic rings. The van der Waals surface area contributed by atoms with Crippen molar-refractivity contribution in [3.05, 3.63) is 0 Å². The molecule has 74 valence electrons. The first-order chi connectivity index (χ1) is 5.85. The van der Waals surface area contributed by atoms with Gasteiger partial charge in [0.1, 0.15) is 0 Å². The number of methoxy groups -OCH3 is 1. The molecule has 2 nitrogen and oxygen atoms in total. The van der Waals surface area contributed by atoms with Crippen LogP contribution in [0.15, 0.2) is 0 Å². The van der Waals surface area contributed by atoms with Crippen LogP contribution >= 0.6 is 11.8 Å². The molecule has 0 amide bonds. The zero-order valence-corrected chi connectivity index (χ0v) is 9.25. The molecule has 0 radical (unpaired) electrons. The van der Waals surface area contributed by atoms with Crippen LogP contribution in [0.5, 0.6) is 0 Å². The Hall–Kier alpha value is 0.270. The van der Waals surface area contributed by atoms with Crippen molar-refractivity contribution in [3.63, 3.8) is 0 Å². The molecule has 12 heavy (non-hydrogen) atoms. The van der Waals surface area contributed by atoms with Gasteiger partial charge < -0.3 is 10.1 Å². The monoisotopic (exact) mass is 191 g/mol. The lowest BCUT2D eigenvalue weighted by Crippen LogP contribution is -2.28. The summed E-state index contributed by atoms with van der Waals surface area (Å²) in [6.45, 7) is 3.08. The van der Waals surface area contributed by atoms with Crippen LogP contribution in [-0.4, -0.2) is 38.3 Å². The second kappa shape index (κ2) is 9.36. The quantitative estimate of drug-likeness (QED) is 0.591. The molecule has 3 heteroatoms. The number of hydrogen-bond donors (Lipinski definition) is 1. The first-order valence-corrected chi connectivity index (χ1v) is 5.74. The Bertz CT molecular complexity index is 90.6. The summed E-state index contributed by atoms with van der Waals surface area (Å²) in [4.78, 5) is 0. The molecule has 0 aromatic carbocycles. The molecule has 0 aliphatic carbocycles. The highest BCUT2D eigenvalue weighted by atomic mass is 32.2. The maximum absolute atomic E-state index is 5.01. The minimum Gasteiger partial charge on any atom is -0.385 e. The van der Waals surface area contributed by atoms with Gasteiger partial charge in [-0.3, -0.25) is 0 Å². The van der Waals surface area contributed by atoms with Gasteiger partial charge in [-0.2, -0.15) is 11.8 Å². The summed E-state index contributed by atoms with van der Waals surface area (Å²) in [5, 5.41) is 3.32. The lowest BCUT2D eigenvalue weighted by molar-refractivity contribution is 0.190. The van der Waals surface area contributed by atoms with Gasteiger partial charge in [-0.1, -0.05) is 6.92 Å². The number of hydrogen-bond acceptors (Lipinski definition) is 3. The third-order valence-corrected chi connectivity index (χ3v) is 2.88. The molecule has 0 aromatic heterocycles. The van der Waals surface area contributed by atoms with Gasteiger partial charge in [-0.05, 0) is 25.6 Å². The smallest absolute Gasteiger partial charge is 0.0462 e. The van der Waals surface area contributed by atoms with Crippen LogP contribution in [0.1, 0.15) is 19.8 Å². The average molecular weight is 191 g/mol. The normalized spacial score (nSPS) is 13.2. The van der Waals surface area contributed by atoms with Crippen molar-refractivity contribution >= 4 is 11.8 Å². The standard InChI is InChI=1S/C9H21NOS/c1-4-12-8-9(10-2)6-5-7-11-3/h9-10H,4-8H2,1-3H3. The van der Waals surface area contributed by atoms with Crippen molar-refractivity contribution in [2.75, 3.05) is 32.3 Å². The highest BCUT2D eigenvalue weighted by Gasteiger charge is 2.04. The second-order valence-electron chi connectivity index (χ2n) is 2.78. The van der Waals surface area contributed by atoms with E-state index in [2.05, 4.69) is 12.2 Å². The van der Waals surface area contributed by atoms with Gasteiger partial charge in [0.15, 0.2) is 0 Å². The lowest BCUT2D eigenvalue weighted by Gasteiger charge is -2.14. The molecule has 1 N–H and O–H groups in total. The molecular formula is C9H21NOS. The SMILES string of the molecule is CCSCC(CCCOC)NC. The van der Waals surface area contributed by atoms with E-state index in [0.717, 1.165) is 13.0 Å². The van der Waals surface area contributed by atoms with E-state index in [9.17, 15) is 0 Å². The van der Waals surface area contributed by atoms with Crippen molar-refractivity contribution in [1.29, 1.82) is 0 Å². The Balaban J connectivity index is 3.26.